The summed E-state index contributed by atoms with van der Waals surface area (Å²) in [5.74, 6) is 0. The number of halogens is 1. The van der Waals surface area contributed by atoms with Gasteiger partial charge in [-0.3, -0.25) is 4.72 Å². The monoisotopic (exact) mass is 282 g/mol. The molecule has 18 heavy (non-hydrogen) atoms. The third-order valence-electron chi connectivity index (χ3n) is 2.40. The number of aryl methyl sites for hydroxylation is 1. The molecule has 1 aromatic heterocycles. The SMILES string of the molecule is Cc1ccccc1NS(=O)(=O)c1ccnc(Cl)c1. The predicted molar refractivity (Wildman–Crippen MR) is 71.2 cm³/mol. The first-order valence-electron chi connectivity index (χ1n) is 5.19. The molecule has 1 heterocycles. The number of hydrogen-bond donors (Lipinski definition) is 1. The number of hydrogen-bond acceptors (Lipinski definition) is 3. The fourth-order valence-corrected chi connectivity index (χ4v) is 2.82. The van der Waals surface area contributed by atoms with Crippen LogP contribution in [0.1, 0.15) is 5.56 Å². The Morgan fingerprint density at radius 3 is 2.61 bits per heavy atom. The largest absolute Gasteiger partial charge is 0.279 e. The average molecular weight is 283 g/mol. The van der Waals surface area contributed by atoms with E-state index in [9.17, 15) is 8.42 Å². The Labute approximate surface area is 111 Å². The number of nitrogens with zero attached hydrogens (tertiary/aromatic N) is 1. The van der Waals surface area contributed by atoms with E-state index in [2.05, 4.69) is 9.71 Å². The molecule has 0 atom stereocenters. The molecule has 2 aromatic rings. The van der Waals surface area contributed by atoms with Gasteiger partial charge < -0.3 is 0 Å². The summed E-state index contributed by atoms with van der Waals surface area (Å²) < 4.78 is 26.7. The number of rotatable bonds is 3. The molecule has 0 unspecified atom stereocenters. The van der Waals surface area contributed by atoms with Crippen LogP contribution in [0.15, 0.2) is 47.5 Å². The lowest BCUT2D eigenvalue weighted by molar-refractivity contribution is 0.601. The number of para-hydroxylation sites is 1. The van der Waals surface area contributed by atoms with Crippen LogP contribution in [0.3, 0.4) is 0 Å². The van der Waals surface area contributed by atoms with E-state index < -0.39 is 10.0 Å². The number of pyridine rings is 1. The fraction of sp³-hybridized carbons (Fsp3) is 0.0833. The van der Waals surface area contributed by atoms with Crippen molar-refractivity contribution in [3.8, 4) is 0 Å². The molecule has 0 radical (unpaired) electrons. The second kappa shape index (κ2) is 4.96. The summed E-state index contributed by atoms with van der Waals surface area (Å²) in [5, 5.41) is 0.141. The summed E-state index contributed by atoms with van der Waals surface area (Å²) in [6.07, 6.45) is 1.36. The van der Waals surface area contributed by atoms with Crippen molar-refractivity contribution < 1.29 is 8.42 Å². The lowest BCUT2D eigenvalue weighted by Crippen LogP contribution is -2.13. The molecule has 1 aromatic carbocycles. The molecule has 6 heteroatoms. The topological polar surface area (TPSA) is 59.1 Å². The van der Waals surface area contributed by atoms with Crippen molar-refractivity contribution in [2.45, 2.75) is 11.8 Å². The Kier molecular flexibility index (Phi) is 3.54. The van der Waals surface area contributed by atoms with Crippen LogP contribution in [0.2, 0.25) is 5.15 Å². The normalized spacial score (nSPS) is 11.2. The predicted octanol–water partition coefficient (Wildman–Crippen LogP) is 2.84. The van der Waals surface area contributed by atoms with Gasteiger partial charge in [-0.1, -0.05) is 29.8 Å². The summed E-state index contributed by atoms with van der Waals surface area (Å²) in [4.78, 5) is 3.84. The number of aromatic nitrogens is 1. The fourth-order valence-electron chi connectivity index (χ4n) is 1.44. The second-order valence-electron chi connectivity index (χ2n) is 3.73. The van der Waals surface area contributed by atoms with Gasteiger partial charge in [0.05, 0.1) is 10.6 Å². The smallest absolute Gasteiger partial charge is 0.262 e. The zero-order chi connectivity index (χ0) is 13.2. The average Bonchev–Trinajstić information content (AvgIpc) is 2.32. The van der Waals surface area contributed by atoms with E-state index in [1.807, 2.05) is 19.1 Å². The first kappa shape index (κ1) is 12.9. The molecule has 0 spiro atoms. The van der Waals surface area contributed by atoms with Gasteiger partial charge in [-0.25, -0.2) is 13.4 Å². The molecule has 0 fully saturated rings. The molecular weight excluding hydrogens is 272 g/mol. The zero-order valence-corrected chi connectivity index (χ0v) is 11.2. The summed E-state index contributed by atoms with van der Waals surface area (Å²) in [6, 6.07) is 9.85. The highest BCUT2D eigenvalue weighted by molar-refractivity contribution is 7.92. The Hall–Kier alpha value is -1.59. The van der Waals surface area contributed by atoms with E-state index in [4.69, 9.17) is 11.6 Å². The minimum atomic E-state index is -3.63. The maximum Gasteiger partial charge on any atom is 0.262 e. The number of anilines is 1. The number of sulfonamides is 1. The molecule has 0 saturated heterocycles. The summed E-state index contributed by atoms with van der Waals surface area (Å²) in [6.45, 7) is 1.83. The lowest BCUT2D eigenvalue weighted by atomic mass is 10.2. The van der Waals surface area contributed by atoms with Gasteiger partial charge in [-0.15, -0.1) is 0 Å². The van der Waals surface area contributed by atoms with Crippen LogP contribution < -0.4 is 4.72 Å². The Morgan fingerprint density at radius 2 is 1.94 bits per heavy atom. The van der Waals surface area contributed by atoms with Crippen molar-refractivity contribution in [2.75, 3.05) is 4.72 Å². The van der Waals surface area contributed by atoms with Crippen LogP contribution in [0.5, 0.6) is 0 Å². The van der Waals surface area contributed by atoms with Gasteiger partial charge in [0.1, 0.15) is 5.15 Å². The van der Waals surface area contributed by atoms with Crippen molar-refractivity contribution in [1.29, 1.82) is 0 Å². The molecule has 0 aliphatic rings. The molecule has 0 saturated carbocycles. The van der Waals surface area contributed by atoms with E-state index in [1.165, 1.54) is 18.3 Å². The Bertz CT molecular complexity index is 671. The maximum absolute atomic E-state index is 12.1. The van der Waals surface area contributed by atoms with E-state index in [1.54, 1.807) is 12.1 Å². The van der Waals surface area contributed by atoms with Crippen molar-refractivity contribution in [3.05, 3.63) is 53.3 Å². The summed E-state index contributed by atoms with van der Waals surface area (Å²) in [7, 11) is -3.63. The highest BCUT2D eigenvalue weighted by Gasteiger charge is 2.15. The molecule has 2 rings (SSSR count). The molecule has 4 nitrogen and oxygen atoms in total. The van der Waals surface area contributed by atoms with E-state index in [0.29, 0.717) is 5.69 Å². The molecule has 0 aliphatic carbocycles. The third-order valence-corrected chi connectivity index (χ3v) is 3.97. The van der Waals surface area contributed by atoms with E-state index in [0.717, 1.165) is 5.56 Å². The van der Waals surface area contributed by atoms with Gasteiger partial charge in [0, 0.05) is 6.20 Å². The van der Waals surface area contributed by atoms with Crippen molar-refractivity contribution >= 4 is 27.3 Å². The van der Waals surface area contributed by atoms with Crippen molar-refractivity contribution in [2.24, 2.45) is 0 Å². The number of benzene rings is 1. The lowest BCUT2D eigenvalue weighted by Gasteiger charge is -2.10. The van der Waals surface area contributed by atoms with Gasteiger partial charge in [0.15, 0.2) is 0 Å². The summed E-state index contributed by atoms with van der Waals surface area (Å²) in [5.41, 5.74) is 1.40. The van der Waals surface area contributed by atoms with Gasteiger partial charge in [-0.05, 0) is 30.7 Å². The van der Waals surface area contributed by atoms with Gasteiger partial charge >= 0.3 is 0 Å². The molecule has 94 valence electrons. The quantitative estimate of drug-likeness (QED) is 0.881. The van der Waals surface area contributed by atoms with Crippen LogP contribution in [0.4, 0.5) is 5.69 Å². The maximum atomic E-state index is 12.1. The van der Waals surface area contributed by atoms with Gasteiger partial charge in [-0.2, -0.15) is 0 Å². The zero-order valence-electron chi connectivity index (χ0n) is 9.59. The molecule has 1 N–H and O–H groups in total. The standard InChI is InChI=1S/C12H11ClN2O2S/c1-9-4-2-3-5-11(9)15-18(16,17)10-6-7-14-12(13)8-10/h2-8,15H,1H3. The highest BCUT2D eigenvalue weighted by Crippen LogP contribution is 2.20. The van der Waals surface area contributed by atoms with Crippen molar-refractivity contribution in [1.82, 2.24) is 4.98 Å². The molecule has 0 bridgehead atoms. The minimum absolute atomic E-state index is 0.0887. The molecule has 0 aliphatic heterocycles. The first-order chi connectivity index (χ1) is 8.49. The van der Waals surface area contributed by atoms with Crippen LogP contribution in [0, 0.1) is 6.92 Å². The highest BCUT2D eigenvalue weighted by atomic mass is 35.5. The van der Waals surface area contributed by atoms with Crippen LogP contribution in [0.25, 0.3) is 0 Å². The minimum Gasteiger partial charge on any atom is -0.279 e. The van der Waals surface area contributed by atoms with E-state index >= 15 is 0 Å². The second-order valence-corrected chi connectivity index (χ2v) is 5.80. The number of nitrogens with one attached hydrogen (secondary N) is 1. The molecular formula is C12H11ClN2O2S. The molecule has 0 amide bonds. The Morgan fingerprint density at radius 1 is 1.22 bits per heavy atom. The third kappa shape index (κ3) is 2.80. The van der Waals surface area contributed by atoms with E-state index in [-0.39, 0.29) is 10.0 Å². The van der Waals surface area contributed by atoms with Gasteiger partial charge in [0.2, 0.25) is 0 Å². The Balaban J connectivity index is 2.37. The van der Waals surface area contributed by atoms with Crippen LogP contribution in [-0.2, 0) is 10.0 Å². The van der Waals surface area contributed by atoms with Crippen LogP contribution >= 0.6 is 11.6 Å². The van der Waals surface area contributed by atoms with Crippen molar-refractivity contribution in [3.63, 3.8) is 0 Å². The summed E-state index contributed by atoms with van der Waals surface area (Å²) >= 11 is 5.68. The first-order valence-corrected chi connectivity index (χ1v) is 7.05. The van der Waals surface area contributed by atoms with Gasteiger partial charge in [0.25, 0.3) is 10.0 Å². The van der Waals surface area contributed by atoms with Crippen LogP contribution in [-0.4, -0.2) is 13.4 Å².